The van der Waals surface area contributed by atoms with Crippen LogP contribution in [0.15, 0.2) is 39.2 Å². The summed E-state index contributed by atoms with van der Waals surface area (Å²) in [6.07, 6.45) is 3.22. The third-order valence-electron chi connectivity index (χ3n) is 5.33. The number of furan rings is 1. The number of oxazole rings is 1. The van der Waals surface area contributed by atoms with Crippen molar-refractivity contribution in [2.24, 2.45) is 0 Å². The van der Waals surface area contributed by atoms with Gasteiger partial charge in [-0.15, -0.1) is 0 Å². The van der Waals surface area contributed by atoms with Crippen LogP contribution in [0.5, 0.6) is 0 Å². The monoisotopic (exact) mass is 421 g/mol. The van der Waals surface area contributed by atoms with Crippen molar-refractivity contribution in [3.05, 3.63) is 47.0 Å². The molecule has 6 rings (SSSR count). The summed E-state index contributed by atoms with van der Waals surface area (Å²) in [7, 11) is -3.46. The third kappa shape index (κ3) is 2.77. The Labute approximate surface area is 165 Å². The quantitative estimate of drug-likeness (QED) is 0.654. The molecule has 3 aliphatic rings. The van der Waals surface area contributed by atoms with Gasteiger partial charge in [-0.3, -0.25) is 9.52 Å². The minimum absolute atomic E-state index is 0.00634. The Hall–Kier alpha value is -2.52. The predicted octanol–water partition coefficient (Wildman–Crippen LogP) is 3.05. The van der Waals surface area contributed by atoms with Gasteiger partial charge in [0.25, 0.3) is 5.91 Å². The summed E-state index contributed by atoms with van der Waals surface area (Å²) in [5.74, 6) is 0.367. The minimum atomic E-state index is -3.46. The number of fused-ring (bicyclic) bond motifs is 1. The van der Waals surface area contributed by atoms with Gasteiger partial charge in [0.15, 0.2) is 11.3 Å². The van der Waals surface area contributed by atoms with E-state index in [9.17, 15) is 13.2 Å². The van der Waals surface area contributed by atoms with Gasteiger partial charge in [-0.1, -0.05) is 11.6 Å². The number of nitrogens with one attached hydrogen (secondary N) is 2. The lowest BCUT2D eigenvalue weighted by Gasteiger charge is -2.68. The van der Waals surface area contributed by atoms with Crippen molar-refractivity contribution in [3.63, 3.8) is 0 Å². The molecule has 0 atom stereocenters. The standard InChI is InChI=1S/C18H16ClN3O5S/c1-28(24,25)22-14-5-4-13(26-14)15(23)21-18-7-17(8-18,9-18)16-20-11-6-10(19)2-3-12(11)27-16/h2-6,22H,7-9H2,1H3,(H,21,23). The predicted molar refractivity (Wildman–Crippen MR) is 102 cm³/mol. The van der Waals surface area contributed by atoms with E-state index in [0.29, 0.717) is 16.5 Å². The van der Waals surface area contributed by atoms with Crippen molar-refractivity contribution in [1.29, 1.82) is 0 Å². The second-order valence-corrected chi connectivity index (χ2v) is 9.90. The Kier molecular flexibility index (Phi) is 3.46. The second kappa shape index (κ2) is 5.51. The van der Waals surface area contributed by atoms with E-state index >= 15 is 0 Å². The largest absolute Gasteiger partial charge is 0.440 e. The molecule has 146 valence electrons. The first kappa shape index (κ1) is 17.6. The molecule has 2 N–H and O–H groups in total. The van der Waals surface area contributed by atoms with E-state index in [-0.39, 0.29) is 28.5 Å². The van der Waals surface area contributed by atoms with Gasteiger partial charge in [0, 0.05) is 16.6 Å². The highest BCUT2D eigenvalue weighted by Gasteiger charge is 2.71. The maximum absolute atomic E-state index is 12.4. The number of carbonyl (C=O) groups excluding carboxylic acids is 1. The van der Waals surface area contributed by atoms with Crippen molar-refractivity contribution < 1.29 is 22.0 Å². The Morgan fingerprint density at radius 1 is 1.18 bits per heavy atom. The lowest BCUT2D eigenvalue weighted by molar-refractivity contribution is -0.0958. The van der Waals surface area contributed by atoms with Gasteiger partial charge in [0.2, 0.25) is 21.8 Å². The van der Waals surface area contributed by atoms with Crippen molar-refractivity contribution in [2.75, 3.05) is 11.0 Å². The van der Waals surface area contributed by atoms with Gasteiger partial charge in [0.05, 0.1) is 11.7 Å². The molecule has 1 aromatic carbocycles. The minimum Gasteiger partial charge on any atom is -0.440 e. The molecule has 0 aliphatic heterocycles. The summed E-state index contributed by atoms with van der Waals surface area (Å²) in [5.41, 5.74) is 0.980. The van der Waals surface area contributed by atoms with Crippen molar-refractivity contribution >= 4 is 44.5 Å². The van der Waals surface area contributed by atoms with Gasteiger partial charge in [0.1, 0.15) is 5.52 Å². The van der Waals surface area contributed by atoms with Crippen LogP contribution >= 0.6 is 11.6 Å². The second-order valence-electron chi connectivity index (χ2n) is 7.71. The van der Waals surface area contributed by atoms with Gasteiger partial charge < -0.3 is 14.2 Å². The number of benzene rings is 1. The van der Waals surface area contributed by atoms with Gasteiger partial charge in [-0.25, -0.2) is 13.4 Å². The number of anilines is 1. The molecule has 3 aliphatic carbocycles. The number of nitrogens with zero attached hydrogens (tertiary/aromatic N) is 1. The number of hydrogen-bond donors (Lipinski definition) is 2. The molecule has 3 fully saturated rings. The van der Waals surface area contributed by atoms with Gasteiger partial charge in [-0.2, -0.15) is 0 Å². The molecule has 2 aromatic heterocycles. The first-order valence-electron chi connectivity index (χ1n) is 8.62. The van der Waals surface area contributed by atoms with Crippen molar-refractivity contribution in [3.8, 4) is 0 Å². The number of halogens is 1. The fraction of sp³-hybridized carbons (Fsp3) is 0.333. The average molecular weight is 422 g/mol. The summed E-state index contributed by atoms with van der Waals surface area (Å²) in [5, 5.41) is 3.60. The van der Waals surface area contributed by atoms with Crippen molar-refractivity contribution in [1.82, 2.24) is 10.3 Å². The Bertz CT molecular complexity index is 1210. The number of hydrogen-bond acceptors (Lipinski definition) is 6. The number of carbonyl (C=O) groups is 1. The first-order valence-corrected chi connectivity index (χ1v) is 10.9. The lowest BCUT2D eigenvalue weighted by atomic mass is 9.39. The molecule has 0 spiro atoms. The van der Waals surface area contributed by atoms with E-state index in [0.717, 1.165) is 31.0 Å². The fourth-order valence-electron chi connectivity index (χ4n) is 4.27. The zero-order valence-electron chi connectivity index (χ0n) is 14.8. The maximum Gasteiger partial charge on any atom is 0.287 e. The topological polar surface area (TPSA) is 114 Å². The van der Waals surface area contributed by atoms with Crippen LogP contribution in [0.1, 0.15) is 35.7 Å². The molecule has 2 bridgehead atoms. The lowest BCUT2D eigenvalue weighted by Crippen LogP contribution is -2.76. The fourth-order valence-corrected chi connectivity index (χ4v) is 4.92. The van der Waals surface area contributed by atoms with E-state index in [1.54, 1.807) is 18.2 Å². The first-order chi connectivity index (χ1) is 13.2. The van der Waals surface area contributed by atoms with E-state index in [4.69, 9.17) is 20.4 Å². The van der Waals surface area contributed by atoms with E-state index in [2.05, 4.69) is 15.0 Å². The van der Waals surface area contributed by atoms with Crippen LogP contribution in [0.4, 0.5) is 5.88 Å². The van der Waals surface area contributed by atoms with Crippen molar-refractivity contribution in [2.45, 2.75) is 30.2 Å². The summed E-state index contributed by atoms with van der Waals surface area (Å²) >= 11 is 6.00. The van der Waals surface area contributed by atoms with Crippen LogP contribution in [0.2, 0.25) is 5.02 Å². The smallest absolute Gasteiger partial charge is 0.287 e. The SMILES string of the molecule is CS(=O)(=O)Nc1ccc(C(=O)NC23CC(c4nc5cc(Cl)ccc5o4)(C2)C3)o1. The van der Waals surface area contributed by atoms with Crippen LogP contribution in [0.3, 0.4) is 0 Å². The summed E-state index contributed by atoms with van der Waals surface area (Å²) in [6.45, 7) is 0. The zero-order chi connectivity index (χ0) is 19.7. The summed E-state index contributed by atoms with van der Waals surface area (Å²) < 4.78 is 35.8. The highest BCUT2D eigenvalue weighted by atomic mass is 35.5. The average Bonchev–Trinajstić information content (AvgIpc) is 3.13. The Balaban J connectivity index is 1.26. The Morgan fingerprint density at radius 2 is 1.93 bits per heavy atom. The molecular weight excluding hydrogens is 406 g/mol. The number of rotatable bonds is 5. The maximum atomic E-state index is 12.4. The third-order valence-corrected chi connectivity index (χ3v) is 6.14. The molecule has 3 aromatic rings. The highest BCUT2D eigenvalue weighted by Crippen LogP contribution is 2.67. The number of aromatic nitrogens is 1. The normalized spacial score (nSPS) is 25.8. The molecule has 3 saturated carbocycles. The van der Waals surface area contributed by atoms with E-state index < -0.39 is 10.0 Å². The van der Waals surface area contributed by atoms with Crippen LogP contribution in [0, 0.1) is 0 Å². The molecule has 8 nitrogen and oxygen atoms in total. The van der Waals surface area contributed by atoms with Crippen LogP contribution in [-0.2, 0) is 15.4 Å². The molecule has 1 amide bonds. The van der Waals surface area contributed by atoms with E-state index in [1.807, 2.05) is 0 Å². The summed E-state index contributed by atoms with van der Waals surface area (Å²) in [4.78, 5) is 17.0. The van der Waals surface area contributed by atoms with Crippen LogP contribution < -0.4 is 10.0 Å². The summed E-state index contributed by atoms with van der Waals surface area (Å²) in [6, 6.07) is 8.18. The zero-order valence-corrected chi connectivity index (χ0v) is 16.4. The number of amides is 1. The Morgan fingerprint density at radius 3 is 2.64 bits per heavy atom. The molecule has 0 radical (unpaired) electrons. The van der Waals surface area contributed by atoms with Gasteiger partial charge in [-0.05, 0) is 43.5 Å². The molecule has 2 heterocycles. The molecule has 28 heavy (non-hydrogen) atoms. The molecule has 10 heteroatoms. The molecular formula is C18H16ClN3O5S. The van der Waals surface area contributed by atoms with E-state index in [1.165, 1.54) is 12.1 Å². The highest BCUT2D eigenvalue weighted by molar-refractivity contribution is 7.92. The molecule has 0 saturated heterocycles. The van der Waals surface area contributed by atoms with Crippen LogP contribution in [-0.4, -0.2) is 31.1 Å². The molecule has 0 unspecified atom stereocenters. The number of sulfonamides is 1. The van der Waals surface area contributed by atoms with Gasteiger partial charge >= 0.3 is 0 Å². The van der Waals surface area contributed by atoms with Crippen LogP contribution in [0.25, 0.3) is 11.1 Å².